The van der Waals surface area contributed by atoms with Crippen LogP contribution in [-0.2, 0) is 4.74 Å². The number of hydrogen-bond acceptors (Lipinski definition) is 2. The molecule has 0 aliphatic carbocycles. The van der Waals surface area contributed by atoms with Gasteiger partial charge in [0, 0.05) is 13.7 Å². The van der Waals surface area contributed by atoms with Crippen molar-refractivity contribution in [3.63, 3.8) is 0 Å². The Morgan fingerprint density at radius 3 is 2.87 bits per heavy atom. The third-order valence-corrected chi connectivity index (χ3v) is 2.27. The number of methoxy groups -OCH3 is 1. The number of halogens is 1. The summed E-state index contributed by atoms with van der Waals surface area (Å²) in [6, 6.07) is 5.35. The number of aryl methyl sites for hydroxylation is 1. The van der Waals surface area contributed by atoms with Gasteiger partial charge in [-0.05, 0) is 24.6 Å². The lowest BCUT2D eigenvalue weighted by molar-refractivity contribution is 0.0937. The zero-order valence-corrected chi connectivity index (χ0v) is 9.60. The molecule has 0 aliphatic heterocycles. The summed E-state index contributed by atoms with van der Waals surface area (Å²) in [6.07, 6.45) is 0. The maximum Gasteiger partial charge on any atom is 0.252 e. The normalized spacial score (nSPS) is 10.1. The molecule has 15 heavy (non-hydrogen) atoms. The average molecular weight is 228 g/mol. The molecule has 1 aromatic carbocycles. The lowest BCUT2D eigenvalue weighted by Crippen LogP contribution is -2.27. The molecule has 1 rings (SSSR count). The number of carbonyl (C=O) groups excluding carboxylic acids is 1. The Morgan fingerprint density at radius 1 is 1.53 bits per heavy atom. The third kappa shape index (κ3) is 3.53. The van der Waals surface area contributed by atoms with Gasteiger partial charge in [-0.2, -0.15) is 0 Å². The van der Waals surface area contributed by atoms with Crippen LogP contribution in [0.5, 0.6) is 0 Å². The van der Waals surface area contributed by atoms with E-state index in [4.69, 9.17) is 16.3 Å². The van der Waals surface area contributed by atoms with E-state index < -0.39 is 0 Å². The highest BCUT2D eigenvalue weighted by atomic mass is 35.5. The van der Waals surface area contributed by atoms with E-state index in [2.05, 4.69) is 5.32 Å². The van der Waals surface area contributed by atoms with Crippen LogP contribution in [0, 0.1) is 6.92 Å². The average Bonchev–Trinajstić information content (AvgIpc) is 2.17. The fraction of sp³-hybridized carbons (Fsp3) is 0.364. The van der Waals surface area contributed by atoms with Crippen LogP contribution in [0.25, 0.3) is 0 Å². The third-order valence-electron chi connectivity index (χ3n) is 1.96. The van der Waals surface area contributed by atoms with Gasteiger partial charge in [0.15, 0.2) is 0 Å². The highest BCUT2D eigenvalue weighted by Crippen LogP contribution is 2.17. The lowest BCUT2D eigenvalue weighted by atomic mass is 10.1. The van der Waals surface area contributed by atoms with Gasteiger partial charge in [-0.25, -0.2) is 0 Å². The number of ether oxygens (including phenoxy) is 1. The van der Waals surface area contributed by atoms with E-state index in [-0.39, 0.29) is 5.91 Å². The SMILES string of the molecule is COCCNC(=O)c1ccc(C)cc1Cl. The standard InChI is InChI=1S/C11H14ClNO2/c1-8-3-4-9(10(12)7-8)11(14)13-5-6-15-2/h3-4,7H,5-6H2,1-2H3,(H,13,14). The largest absolute Gasteiger partial charge is 0.383 e. The van der Waals surface area contributed by atoms with Crippen molar-refractivity contribution in [2.75, 3.05) is 20.3 Å². The number of nitrogens with one attached hydrogen (secondary N) is 1. The van der Waals surface area contributed by atoms with Crippen molar-refractivity contribution in [2.24, 2.45) is 0 Å². The topological polar surface area (TPSA) is 38.3 Å². The number of rotatable bonds is 4. The van der Waals surface area contributed by atoms with Gasteiger partial charge in [0.1, 0.15) is 0 Å². The van der Waals surface area contributed by atoms with E-state index in [0.717, 1.165) is 5.56 Å². The highest BCUT2D eigenvalue weighted by Gasteiger charge is 2.08. The van der Waals surface area contributed by atoms with Crippen molar-refractivity contribution >= 4 is 17.5 Å². The first-order valence-electron chi connectivity index (χ1n) is 4.68. The Labute approximate surface area is 94.4 Å². The van der Waals surface area contributed by atoms with E-state index in [1.54, 1.807) is 19.2 Å². The molecule has 0 fully saturated rings. The number of hydrogen-bond donors (Lipinski definition) is 1. The van der Waals surface area contributed by atoms with Crippen molar-refractivity contribution in [3.05, 3.63) is 34.3 Å². The van der Waals surface area contributed by atoms with E-state index >= 15 is 0 Å². The molecule has 1 aromatic rings. The molecule has 0 saturated heterocycles. The second-order valence-electron chi connectivity index (χ2n) is 3.23. The van der Waals surface area contributed by atoms with Crippen molar-refractivity contribution in [1.82, 2.24) is 5.32 Å². The smallest absolute Gasteiger partial charge is 0.252 e. The van der Waals surface area contributed by atoms with Gasteiger partial charge in [-0.15, -0.1) is 0 Å². The van der Waals surface area contributed by atoms with Gasteiger partial charge in [-0.3, -0.25) is 4.79 Å². The van der Waals surface area contributed by atoms with Gasteiger partial charge in [0.2, 0.25) is 0 Å². The molecule has 0 atom stereocenters. The van der Waals surface area contributed by atoms with Crippen LogP contribution in [0.3, 0.4) is 0 Å². The first-order valence-corrected chi connectivity index (χ1v) is 5.06. The molecular weight excluding hydrogens is 214 g/mol. The predicted octanol–water partition coefficient (Wildman–Crippen LogP) is 2.02. The summed E-state index contributed by atoms with van der Waals surface area (Å²) in [5.74, 6) is -0.169. The first kappa shape index (κ1) is 12.0. The zero-order valence-electron chi connectivity index (χ0n) is 8.84. The molecule has 0 radical (unpaired) electrons. The fourth-order valence-corrected chi connectivity index (χ4v) is 1.49. The molecule has 1 N–H and O–H groups in total. The summed E-state index contributed by atoms with van der Waals surface area (Å²) < 4.78 is 4.83. The van der Waals surface area contributed by atoms with Crippen LogP contribution in [-0.4, -0.2) is 26.2 Å². The summed E-state index contributed by atoms with van der Waals surface area (Å²) in [5.41, 5.74) is 1.53. The quantitative estimate of drug-likeness (QED) is 0.800. The van der Waals surface area contributed by atoms with Crippen molar-refractivity contribution in [2.45, 2.75) is 6.92 Å². The van der Waals surface area contributed by atoms with Gasteiger partial charge in [0.05, 0.1) is 17.2 Å². The predicted molar refractivity (Wildman–Crippen MR) is 60.4 cm³/mol. The maximum atomic E-state index is 11.6. The van der Waals surface area contributed by atoms with Crippen LogP contribution < -0.4 is 5.32 Å². The summed E-state index contributed by atoms with van der Waals surface area (Å²) in [5, 5.41) is 3.19. The van der Waals surface area contributed by atoms with Gasteiger partial charge in [0.25, 0.3) is 5.91 Å². The first-order chi connectivity index (χ1) is 7.15. The second-order valence-corrected chi connectivity index (χ2v) is 3.64. The molecule has 4 heteroatoms. The molecule has 0 aliphatic rings. The molecular formula is C11H14ClNO2. The Balaban J connectivity index is 2.65. The van der Waals surface area contributed by atoms with Crippen molar-refractivity contribution in [1.29, 1.82) is 0 Å². The maximum absolute atomic E-state index is 11.6. The van der Waals surface area contributed by atoms with Crippen molar-refractivity contribution in [3.8, 4) is 0 Å². The Bertz CT molecular complexity index is 352. The molecule has 0 saturated carbocycles. The van der Waals surface area contributed by atoms with Gasteiger partial charge in [-0.1, -0.05) is 17.7 Å². The molecule has 1 amide bonds. The Morgan fingerprint density at radius 2 is 2.27 bits per heavy atom. The minimum Gasteiger partial charge on any atom is -0.383 e. The van der Waals surface area contributed by atoms with Crippen LogP contribution in [0.15, 0.2) is 18.2 Å². The second kappa shape index (κ2) is 5.73. The Kier molecular flexibility index (Phi) is 4.59. The minimum atomic E-state index is -0.169. The van der Waals surface area contributed by atoms with Crippen LogP contribution in [0.1, 0.15) is 15.9 Å². The van der Waals surface area contributed by atoms with Crippen LogP contribution >= 0.6 is 11.6 Å². The lowest BCUT2D eigenvalue weighted by Gasteiger charge is -2.06. The molecule has 82 valence electrons. The molecule has 0 spiro atoms. The highest BCUT2D eigenvalue weighted by molar-refractivity contribution is 6.33. The van der Waals surface area contributed by atoms with E-state index in [1.165, 1.54) is 0 Å². The van der Waals surface area contributed by atoms with Gasteiger partial charge < -0.3 is 10.1 Å². The molecule has 3 nitrogen and oxygen atoms in total. The zero-order chi connectivity index (χ0) is 11.3. The fourth-order valence-electron chi connectivity index (χ4n) is 1.17. The monoisotopic (exact) mass is 227 g/mol. The summed E-state index contributed by atoms with van der Waals surface area (Å²) in [6.45, 7) is 2.91. The number of benzene rings is 1. The number of amides is 1. The minimum absolute atomic E-state index is 0.169. The number of carbonyl (C=O) groups is 1. The molecule has 0 aromatic heterocycles. The van der Waals surface area contributed by atoms with Gasteiger partial charge >= 0.3 is 0 Å². The molecule has 0 heterocycles. The molecule has 0 bridgehead atoms. The van der Waals surface area contributed by atoms with E-state index in [0.29, 0.717) is 23.7 Å². The summed E-state index contributed by atoms with van der Waals surface area (Å²) in [7, 11) is 1.59. The van der Waals surface area contributed by atoms with E-state index in [1.807, 2.05) is 13.0 Å². The molecule has 0 unspecified atom stereocenters. The summed E-state index contributed by atoms with van der Waals surface area (Å²) in [4.78, 5) is 11.6. The summed E-state index contributed by atoms with van der Waals surface area (Å²) >= 11 is 5.95. The Hall–Kier alpha value is -1.06. The van der Waals surface area contributed by atoms with Crippen molar-refractivity contribution < 1.29 is 9.53 Å². The van der Waals surface area contributed by atoms with Crippen LogP contribution in [0.4, 0.5) is 0 Å². The van der Waals surface area contributed by atoms with E-state index in [9.17, 15) is 4.79 Å². The van der Waals surface area contributed by atoms with Crippen LogP contribution in [0.2, 0.25) is 5.02 Å².